The highest BCUT2D eigenvalue weighted by Gasteiger charge is 2.76. The van der Waals surface area contributed by atoms with Gasteiger partial charge < -0.3 is 9.84 Å². The van der Waals surface area contributed by atoms with Gasteiger partial charge in [0.2, 0.25) is 11.8 Å². The number of aromatic hydroxyl groups is 1. The number of ether oxygens (including phenoxy) is 1. The molecular formula is C27H20Cl3FN2O6. The second-order valence-electron chi connectivity index (χ2n) is 10.2. The van der Waals surface area contributed by atoms with E-state index in [1.807, 2.05) is 0 Å². The summed E-state index contributed by atoms with van der Waals surface area (Å²) in [6.07, 6.45) is 1.77. The van der Waals surface area contributed by atoms with E-state index in [-0.39, 0.29) is 35.1 Å². The molecule has 2 heterocycles. The molecule has 6 unspecified atom stereocenters. The lowest BCUT2D eigenvalue weighted by Crippen LogP contribution is -2.60. The van der Waals surface area contributed by atoms with Crippen LogP contribution in [0.2, 0.25) is 5.02 Å². The fraction of sp³-hybridized carbons (Fsp3) is 0.333. The monoisotopic (exact) mass is 592 g/mol. The number of anilines is 1. The van der Waals surface area contributed by atoms with E-state index in [0.717, 1.165) is 17.0 Å². The third kappa shape index (κ3) is 3.36. The van der Waals surface area contributed by atoms with E-state index in [1.165, 1.54) is 31.4 Å². The Morgan fingerprint density at radius 1 is 1.05 bits per heavy atom. The number of halogens is 4. The zero-order valence-electron chi connectivity index (χ0n) is 20.2. The number of hydrogen-bond donors (Lipinski definition) is 2. The fourth-order valence-electron chi connectivity index (χ4n) is 6.60. The molecule has 12 heteroatoms. The van der Waals surface area contributed by atoms with Gasteiger partial charge in [0, 0.05) is 5.92 Å². The summed E-state index contributed by atoms with van der Waals surface area (Å²) in [6, 6.07) is 7.58. The summed E-state index contributed by atoms with van der Waals surface area (Å²) in [6.45, 7) is 0. The number of amides is 4. The quantitative estimate of drug-likeness (QED) is 0.316. The van der Waals surface area contributed by atoms with Crippen LogP contribution in [-0.4, -0.2) is 45.6 Å². The van der Waals surface area contributed by atoms with Gasteiger partial charge in [0.1, 0.15) is 5.82 Å². The molecule has 2 aliphatic carbocycles. The van der Waals surface area contributed by atoms with Crippen molar-refractivity contribution >= 4 is 64.1 Å². The molecule has 0 aromatic heterocycles. The largest absolute Gasteiger partial charge is 0.503 e. The summed E-state index contributed by atoms with van der Waals surface area (Å²) in [4.78, 5) is 50.3. The summed E-state index contributed by atoms with van der Waals surface area (Å²) in [5, 5.41) is 12.6. The summed E-state index contributed by atoms with van der Waals surface area (Å²) in [5.41, 5.74) is 0.943. The molecule has 6 atom stereocenters. The first-order chi connectivity index (χ1) is 18.4. The number of nitrogens with one attached hydrogen (secondary N) is 1. The number of carbonyl (C=O) groups excluding carboxylic acids is 4. The second-order valence-corrected chi connectivity index (χ2v) is 11.8. The van der Waals surface area contributed by atoms with E-state index >= 15 is 0 Å². The molecule has 6 rings (SSSR count). The molecule has 2 aliphatic heterocycles. The molecular weight excluding hydrogens is 574 g/mol. The molecule has 202 valence electrons. The molecule has 0 bridgehead atoms. The van der Waals surface area contributed by atoms with E-state index in [1.54, 1.807) is 6.08 Å². The van der Waals surface area contributed by atoms with E-state index in [4.69, 9.17) is 39.5 Å². The van der Waals surface area contributed by atoms with Crippen LogP contribution in [0.1, 0.15) is 24.3 Å². The van der Waals surface area contributed by atoms with Crippen LogP contribution in [0.3, 0.4) is 0 Å². The topological polar surface area (TPSA) is 113 Å². The number of hydrogen-bond acceptors (Lipinski definition) is 6. The third-order valence-corrected chi connectivity index (χ3v) is 10.0. The van der Waals surface area contributed by atoms with E-state index < -0.39 is 62.9 Å². The Labute approximate surface area is 236 Å². The average molecular weight is 594 g/mol. The SMILES string of the molecule is COc1cc(C2C3=CCC4C(=O)NC(=O)C4C3CC3(Cl)C(=O)N(c4ccc(F)cc4)C(=O)C23Cl)cc(Cl)c1O. The van der Waals surface area contributed by atoms with Crippen LogP contribution in [0, 0.1) is 23.6 Å². The Morgan fingerprint density at radius 2 is 1.74 bits per heavy atom. The highest BCUT2D eigenvalue weighted by atomic mass is 35.5. The van der Waals surface area contributed by atoms with E-state index in [9.17, 15) is 28.7 Å². The molecule has 2 aromatic rings. The van der Waals surface area contributed by atoms with Crippen molar-refractivity contribution < 1.29 is 33.4 Å². The Balaban J connectivity index is 1.60. The van der Waals surface area contributed by atoms with Gasteiger partial charge in [-0.1, -0.05) is 23.3 Å². The number of fused-ring (bicyclic) bond motifs is 4. The van der Waals surface area contributed by atoms with Crippen molar-refractivity contribution in [2.45, 2.75) is 28.5 Å². The minimum atomic E-state index is -2.11. The van der Waals surface area contributed by atoms with Crippen molar-refractivity contribution in [2.24, 2.45) is 17.8 Å². The Hall–Kier alpha value is -3.14. The van der Waals surface area contributed by atoms with Crippen LogP contribution in [0.4, 0.5) is 10.1 Å². The van der Waals surface area contributed by atoms with Gasteiger partial charge in [-0.3, -0.25) is 24.5 Å². The Bertz CT molecular complexity index is 1510. The minimum absolute atomic E-state index is 0.00435. The summed E-state index contributed by atoms with van der Waals surface area (Å²) in [7, 11) is 1.32. The number of alkyl halides is 2. The van der Waals surface area contributed by atoms with Crippen LogP contribution in [-0.2, 0) is 19.2 Å². The highest BCUT2D eigenvalue weighted by Crippen LogP contribution is 2.65. The van der Waals surface area contributed by atoms with Crippen LogP contribution in [0.25, 0.3) is 0 Å². The maximum Gasteiger partial charge on any atom is 0.258 e. The lowest BCUT2D eigenvalue weighted by atomic mass is 9.56. The summed E-state index contributed by atoms with van der Waals surface area (Å²) < 4.78 is 19.0. The van der Waals surface area contributed by atoms with Crippen molar-refractivity contribution in [2.75, 3.05) is 12.0 Å². The van der Waals surface area contributed by atoms with E-state index in [0.29, 0.717) is 11.1 Å². The molecule has 4 amide bonds. The summed E-state index contributed by atoms with van der Waals surface area (Å²) in [5.74, 6) is -6.79. The minimum Gasteiger partial charge on any atom is -0.503 e. The number of methoxy groups -OCH3 is 1. The lowest BCUT2D eigenvalue weighted by molar-refractivity contribution is -0.127. The lowest BCUT2D eigenvalue weighted by Gasteiger charge is -2.50. The van der Waals surface area contributed by atoms with Gasteiger partial charge in [-0.2, -0.15) is 0 Å². The maximum absolute atomic E-state index is 14.2. The number of benzene rings is 2. The van der Waals surface area contributed by atoms with Gasteiger partial charge in [0.05, 0.1) is 29.7 Å². The standard InChI is InChI=1S/C27H20Cl3FN2O6/c1-39-18-9-11(8-17(28)21(18)34)20-14-6-7-15-19(23(36)32-22(15)35)16(14)10-26(29)24(37)33(25(38)27(20,26)30)13-4-2-12(31)3-5-13/h2-6,8-9,15-16,19-20,34H,7,10H2,1H3,(H,32,35,36). The third-order valence-electron chi connectivity index (χ3n) is 8.34. The molecule has 2 aromatic carbocycles. The van der Waals surface area contributed by atoms with Gasteiger partial charge in [-0.25, -0.2) is 9.29 Å². The predicted octanol–water partition coefficient (Wildman–Crippen LogP) is 4.04. The van der Waals surface area contributed by atoms with Crippen molar-refractivity contribution in [3.8, 4) is 11.5 Å². The maximum atomic E-state index is 14.2. The number of carbonyl (C=O) groups is 4. The highest BCUT2D eigenvalue weighted by molar-refractivity contribution is 6.58. The zero-order chi connectivity index (χ0) is 28.0. The normalized spacial score (nSPS) is 33.4. The first kappa shape index (κ1) is 26.1. The van der Waals surface area contributed by atoms with Crippen LogP contribution in [0.5, 0.6) is 11.5 Å². The van der Waals surface area contributed by atoms with Crippen LogP contribution < -0.4 is 15.0 Å². The summed E-state index contributed by atoms with van der Waals surface area (Å²) >= 11 is 20.7. The van der Waals surface area contributed by atoms with Gasteiger partial charge >= 0.3 is 0 Å². The number of imide groups is 2. The molecule has 2 saturated heterocycles. The number of rotatable bonds is 3. The molecule has 0 radical (unpaired) electrons. The van der Waals surface area contributed by atoms with Crippen molar-refractivity contribution in [3.63, 3.8) is 0 Å². The first-order valence-electron chi connectivity index (χ1n) is 12.1. The number of allylic oxidation sites excluding steroid dienone is 2. The van der Waals surface area contributed by atoms with Gasteiger partial charge in [0.15, 0.2) is 21.2 Å². The smallest absolute Gasteiger partial charge is 0.258 e. The predicted molar refractivity (Wildman–Crippen MR) is 139 cm³/mol. The van der Waals surface area contributed by atoms with Crippen molar-refractivity contribution in [1.82, 2.24) is 5.32 Å². The molecule has 39 heavy (non-hydrogen) atoms. The van der Waals surface area contributed by atoms with Gasteiger partial charge in [0.25, 0.3) is 11.8 Å². The number of nitrogens with zero attached hydrogens (tertiary/aromatic N) is 1. The zero-order valence-corrected chi connectivity index (χ0v) is 22.5. The Kier molecular flexibility index (Phi) is 5.81. The van der Waals surface area contributed by atoms with Crippen LogP contribution in [0.15, 0.2) is 48.0 Å². The molecule has 8 nitrogen and oxygen atoms in total. The fourth-order valence-corrected chi connectivity index (χ4v) is 7.75. The van der Waals surface area contributed by atoms with Crippen molar-refractivity contribution in [3.05, 3.63) is 64.5 Å². The number of phenols is 1. The Morgan fingerprint density at radius 3 is 2.41 bits per heavy atom. The first-order valence-corrected chi connectivity index (χ1v) is 13.2. The average Bonchev–Trinajstić information content (AvgIpc) is 3.27. The van der Waals surface area contributed by atoms with Gasteiger partial charge in [-0.05, 0) is 60.7 Å². The molecule has 1 saturated carbocycles. The molecule has 0 spiro atoms. The second kappa shape index (κ2) is 8.68. The number of phenolic OH excluding ortho intramolecular Hbond substituents is 1. The molecule has 3 fully saturated rings. The van der Waals surface area contributed by atoms with Crippen LogP contribution >= 0.6 is 34.8 Å². The van der Waals surface area contributed by atoms with Crippen molar-refractivity contribution in [1.29, 1.82) is 0 Å². The molecule has 2 N–H and O–H groups in total. The van der Waals surface area contributed by atoms with E-state index in [2.05, 4.69) is 5.32 Å². The van der Waals surface area contributed by atoms with Gasteiger partial charge in [-0.15, -0.1) is 23.2 Å². The molecule has 4 aliphatic rings.